The van der Waals surface area contributed by atoms with Crippen LogP contribution in [0.2, 0.25) is 0 Å². The number of H-pyrrole nitrogens is 1. The molecule has 102 valence electrons. The van der Waals surface area contributed by atoms with Gasteiger partial charge < -0.3 is 4.98 Å². The second-order valence-electron chi connectivity index (χ2n) is 4.19. The largest absolute Gasteiger partial charge is 0.431 e. The topological polar surface area (TPSA) is 32.9 Å². The molecule has 0 saturated carbocycles. The number of hydrogen-bond acceptors (Lipinski definition) is 1. The van der Waals surface area contributed by atoms with E-state index in [0.29, 0.717) is 0 Å². The highest BCUT2D eigenvalue weighted by Gasteiger charge is 2.35. The van der Waals surface area contributed by atoms with Gasteiger partial charge in [0.15, 0.2) is 5.43 Å². The molecule has 19 heavy (non-hydrogen) atoms. The van der Waals surface area contributed by atoms with Crippen molar-refractivity contribution < 1.29 is 17.6 Å². The number of nitrogens with one attached hydrogen (secondary N) is 1. The Kier molecular flexibility index (Phi) is 3.20. The zero-order valence-corrected chi connectivity index (χ0v) is 11.5. The van der Waals surface area contributed by atoms with Crippen LogP contribution in [0.3, 0.4) is 0 Å². The lowest BCUT2D eigenvalue weighted by Crippen LogP contribution is -2.19. The Morgan fingerprint density at radius 1 is 1.26 bits per heavy atom. The number of aromatic amines is 1. The number of rotatable bonds is 0. The molecule has 1 aromatic carbocycles. The molecule has 0 aliphatic heterocycles. The Morgan fingerprint density at radius 2 is 1.84 bits per heavy atom. The normalized spacial score (nSPS) is 12.2. The van der Waals surface area contributed by atoms with Gasteiger partial charge in [-0.15, -0.1) is 0 Å². The average molecular weight is 338 g/mol. The Bertz CT molecular complexity index is 733. The van der Waals surface area contributed by atoms with Gasteiger partial charge in [0.1, 0.15) is 11.5 Å². The summed E-state index contributed by atoms with van der Waals surface area (Å²) in [5.74, 6) is -0.686. The molecule has 1 aromatic heterocycles. The van der Waals surface area contributed by atoms with E-state index >= 15 is 0 Å². The molecule has 0 spiro atoms. The summed E-state index contributed by atoms with van der Waals surface area (Å²) in [6.45, 7) is 2.50. The van der Waals surface area contributed by atoms with Crippen molar-refractivity contribution in [3.05, 3.63) is 43.4 Å². The summed E-state index contributed by atoms with van der Waals surface area (Å²) >= 11 is 2.90. The predicted molar refractivity (Wildman–Crippen MR) is 66.7 cm³/mol. The summed E-state index contributed by atoms with van der Waals surface area (Å²) in [5, 5.41) is -0.108. The maximum Gasteiger partial charge on any atom is 0.431 e. The van der Waals surface area contributed by atoms with Gasteiger partial charge in [-0.2, -0.15) is 13.2 Å². The van der Waals surface area contributed by atoms with Crippen molar-refractivity contribution in [3.63, 3.8) is 0 Å². The van der Waals surface area contributed by atoms with Crippen LogP contribution >= 0.6 is 15.9 Å². The third-order valence-electron chi connectivity index (χ3n) is 2.89. The predicted octanol–water partition coefficient (Wildman–Crippen LogP) is 4.07. The zero-order chi connectivity index (χ0) is 14.5. The highest BCUT2D eigenvalue weighted by atomic mass is 79.9. The molecule has 2 rings (SSSR count). The Morgan fingerprint density at radius 3 is 2.37 bits per heavy atom. The number of aryl methyl sites for hydroxylation is 1. The van der Waals surface area contributed by atoms with E-state index < -0.39 is 28.7 Å². The van der Waals surface area contributed by atoms with Gasteiger partial charge in [0.2, 0.25) is 0 Å². The number of pyridine rings is 1. The van der Waals surface area contributed by atoms with Crippen molar-refractivity contribution in [3.8, 4) is 0 Å². The number of aromatic nitrogens is 1. The van der Waals surface area contributed by atoms with Gasteiger partial charge in [-0.05, 0) is 41.4 Å². The first-order valence-electron chi connectivity index (χ1n) is 5.23. The third-order valence-corrected chi connectivity index (χ3v) is 3.67. The standard InChI is InChI=1S/C12H8BrF4NO/c1-4-3-6(14)8(13)7-9(4)18-11(12(15,16)17)5(2)10(7)19/h3H,1-2H3,(H,18,19). The number of fused-ring (bicyclic) bond motifs is 1. The van der Waals surface area contributed by atoms with E-state index in [1.54, 1.807) is 0 Å². The molecule has 2 aromatic rings. The van der Waals surface area contributed by atoms with Gasteiger partial charge >= 0.3 is 6.18 Å². The second-order valence-corrected chi connectivity index (χ2v) is 4.98. The van der Waals surface area contributed by atoms with Crippen molar-refractivity contribution in [2.45, 2.75) is 20.0 Å². The Hall–Kier alpha value is -1.37. The zero-order valence-electron chi connectivity index (χ0n) is 9.88. The van der Waals surface area contributed by atoms with E-state index in [0.717, 1.165) is 13.0 Å². The molecule has 0 radical (unpaired) electrons. The van der Waals surface area contributed by atoms with Crippen LogP contribution in [0.15, 0.2) is 15.3 Å². The fourth-order valence-corrected chi connectivity index (χ4v) is 2.42. The highest BCUT2D eigenvalue weighted by molar-refractivity contribution is 9.10. The monoisotopic (exact) mass is 337 g/mol. The van der Waals surface area contributed by atoms with Crippen LogP contribution in [0.4, 0.5) is 17.6 Å². The number of alkyl halides is 3. The van der Waals surface area contributed by atoms with E-state index in [2.05, 4.69) is 20.9 Å². The second kappa shape index (κ2) is 4.33. The van der Waals surface area contributed by atoms with Crippen molar-refractivity contribution in [1.29, 1.82) is 0 Å². The fourth-order valence-electron chi connectivity index (χ4n) is 1.93. The van der Waals surface area contributed by atoms with Crippen LogP contribution in [-0.2, 0) is 6.18 Å². The molecule has 7 heteroatoms. The van der Waals surface area contributed by atoms with Crippen molar-refractivity contribution in [1.82, 2.24) is 4.98 Å². The minimum atomic E-state index is -4.66. The minimum Gasteiger partial charge on any atom is -0.350 e. The van der Waals surface area contributed by atoms with E-state index in [1.165, 1.54) is 6.92 Å². The molecule has 0 aliphatic rings. The van der Waals surface area contributed by atoms with Crippen LogP contribution in [0.25, 0.3) is 10.9 Å². The van der Waals surface area contributed by atoms with Gasteiger partial charge in [-0.3, -0.25) is 4.79 Å². The third kappa shape index (κ3) is 2.16. The Balaban J connectivity index is 3.06. The molecular weight excluding hydrogens is 330 g/mol. The first-order chi connectivity index (χ1) is 8.64. The van der Waals surface area contributed by atoms with E-state index in [4.69, 9.17) is 0 Å². The van der Waals surface area contributed by atoms with Gasteiger partial charge in [0.05, 0.1) is 15.4 Å². The lowest BCUT2D eigenvalue weighted by molar-refractivity contribution is -0.141. The molecule has 0 amide bonds. The maximum absolute atomic E-state index is 13.5. The van der Waals surface area contributed by atoms with E-state index in [-0.39, 0.29) is 20.9 Å². The summed E-state index contributed by atoms with van der Waals surface area (Å²) in [7, 11) is 0. The summed E-state index contributed by atoms with van der Waals surface area (Å²) in [6.07, 6.45) is -4.66. The number of hydrogen-bond donors (Lipinski definition) is 1. The summed E-state index contributed by atoms with van der Waals surface area (Å²) in [4.78, 5) is 14.2. The van der Waals surface area contributed by atoms with Crippen LogP contribution in [0.1, 0.15) is 16.8 Å². The first-order valence-corrected chi connectivity index (χ1v) is 6.02. The average Bonchev–Trinajstić information content (AvgIpc) is 2.28. The SMILES string of the molecule is Cc1c(C(F)(F)F)[nH]c2c(C)cc(F)c(Br)c2c1=O. The first kappa shape index (κ1) is 14.0. The van der Waals surface area contributed by atoms with Gasteiger partial charge in [0.25, 0.3) is 0 Å². The highest BCUT2D eigenvalue weighted by Crippen LogP contribution is 2.33. The van der Waals surface area contributed by atoms with Gasteiger partial charge in [-0.25, -0.2) is 4.39 Å². The smallest absolute Gasteiger partial charge is 0.350 e. The van der Waals surface area contributed by atoms with Gasteiger partial charge in [-0.1, -0.05) is 0 Å². The van der Waals surface area contributed by atoms with Crippen molar-refractivity contribution in [2.75, 3.05) is 0 Å². The quantitative estimate of drug-likeness (QED) is 0.722. The lowest BCUT2D eigenvalue weighted by atomic mass is 10.1. The fraction of sp³-hybridized carbons (Fsp3) is 0.250. The maximum atomic E-state index is 13.5. The summed E-state index contributed by atoms with van der Waals surface area (Å²) in [5.41, 5.74) is -2.21. The molecule has 0 saturated heterocycles. The molecule has 0 unspecified atom stereocenters. The van der Waals surface area contributed by atoms with Crippen LogP contribution in [-0.4, -0.2) is 4.98 Å². The lowest BCUT2D eigenvalue weighted by Gasteiger charge is -2.13. The molecule has 1 heterocycles. The molecule has 0 aliphatic carbocycles. The van der Waals surface area contributed by atoms with Crippen molar-refractivity contribution >= 4 is 26.8 Å². The van der Waals surface area contributed by atoms with Crippen molar-refractivity contribution in [2.24, 2.45) is 0 Å². The summed E-state index contributed by atoms with van der Waals surface area (Å²) in [6, 6.07) is 1.07. The summed E-state index contributed by atoms with van der Waals surface area (Å²) < 4.78 is 51.8. The number of benzene rings is 1. The molecule has 0 atom stereocenters. The van der Waals surface area contributed by atoms with E-state index in [1.807, 2.05) is 0 Å². The van der Waals surface area contributed by atoms with Gasteiger partial charge in [0, 0.05) is 5.56 Å². The molecular formula is C12H8BrF4NO. The molecule has 0 bridgehead atoms. The van der Waals surface area contributed by atoms with Crippen LogP contribution < -0.4 is 5.43 Å². The van der Waals surface area contributed by atoms with Crippen LogP contribution in [0.5, 0.6) is 0 Å². The van der Waals surface area contributed by atoms with E-state index in [9.17, 15) is 22.4 Å². The molecule has 0 fully saturated rings. The Labute approximate surface area is 113 Å². The molecule has 1 N–H and O–H groups in total. The van der Waals surface area contributed by atoms with Crippen LogP contribution in [0, 0.1) is 19.7 Å². The molecule has 2 nitrogen and oxygen atoms in total. The number of halogens is 5. The minimum absolute atomic E-state index is 0.0174.